The number of nitrogens with one attached hydrogen (secondary N) is 1. The van der Waals surface area contributed by atoms with Crippen LogP contribution in [-0.4, -0.2) is 19.5 Å². The van der Waals surface area contributed by atoms with Crippen molar-refractivity contribution in [2.75, 3.05) is 12.4 Å². The SMILES string of the molecule is COC(=O)Cc1ccc(NC=O)c(F)c1F. The van der Waals surface area contributed by atoms with Crippen molar-refractivity contribution in [1.82, 2.24) is 0 Å². The molecule has 0 heterocycles. The lowest BCUT2D eigenvalue weighted by molar-refractivity contribution is -0.139. The van der Waals surface area contributed by atoms with Crippen molar-refractivity contribution in [3.63, 3.8) is 0 Å². The van der Waals surface area contributed by atoms with E-state index < -0.39 is 17.6 Å². The minimum Gasteiger partial charge on any atom is -0.469 e. The van der Waals surface area contributed by atoms with Crippen LogP contribution in [0, 0.1) is 11.6 Å². The second-order valence-corrected chi connectivity index (χ2v) is 2.92. The third-order valence-corrected chi connectivity index (χ3v) is 1.94. The largest absolute Gasteiger partial charge is 0.469 e. The molecule has 16 heavy (non-hydrogen) atoms. The maximum atomic E-state index is 13.3. The molecular weight excluding hydrogens is 220 g/mol. The van der Waals surface area contributed by atoms with E-state index in [0.717, 1.165) is 7.11 Å². The van der Waals surface area contributed by atoms with Crippen LogP contribution in [0.15, 0.2) is 12.1 Å². The van der Waals surface area contributed by atoms with Gasteiger partial charge in [0.05, 0.1) is 19.2 Å². The molecule has 1 N–H and O–H groups in total. The van der Waals surface area contributed by atoms with Crippen LogP contribution in [0.5, 0.6) is 0 Å². The zero-order valence-electron chi connectivity index (χ0n) is 8.42. The van der Waals surface area contributed by atoms with Crippen molar-refractivity contribution < 1.29 is 23.1 Å². The fraction of sp³-hybridized carbons (Fsp3) is 0.200. The minimum absolute atomic E-state index is 0.124. The van der Waals surface area contributed by atoms with E-state index in [4.69, 9.17) is 0 Å². The summed E-state index contributed by atoms with van der Waals surface area (Å²) in [6.45, 7) is 0. The second kappa shape index (κ2) is 5.20. The molecule has 0 aromatic heterocycles. The van der Waals surface area contributed by atoms with Gasteiger partial charge in [-0.2, -0.15) is 0 Å². The van der Waals surface area contributed by atoms with Crippen molar-refractivity contribution in [2.24, 2.45) is 0 Å². The minimum atomic E-state index is -1.20. The summed E-state index contributed by atoms with van der Waals surface area (Å²) in [5, 5.41) is 2.00. The molecule has 6 heteroatoms. The number of esters is 1. The summed E-state index contributed by atoms with van der Waals surface area (Å²) in [7, 11) is 1.15. The molecule has 1 aromatic carbocycles. The van der Waals surface area contributed by atoms with E-state index >= 15 is 0 Å². The number of rotatable bonds is 4. The lowest BCUT2D eigenvalue weighted by Crippen LogP contribution is -2.08. The first-order chi connectivity index (χ1) is 7.60. The van der Waals surface area contributed by atoms with Crippen molar-refractivity contribution in [3.05, 3.63) is 29.3 Å². The van der Waals surface area contributed by atoms with Crippen LogP contribution < -0.4 is 5.32 Å². The van der Waals surface area contributed by atoms with Crippen LogP contribution >= 0.6 is 0 Å². The number of benzene rings is 1. The van der Waals surface area contributed by atoms with Crippen LogP contribution in [0.2, 0.25) is 0 Å². The summed E-state index contributed by atoms with van der Waals surface area (Å²) < 4.78 is 30.9. The lowest BCUT2D eigenvalue weighted by atomic mass is 10.1. The molecule has 0 aliphatic heterocycles. The maximum Gasteiger partial charge on any atom is 0.310 e. The summed E-state index contributed by atoms with van der Waals surface area (Å²) in [5.74, 6) is -3.04. The molecule has 1 rings (SSSR count). The molecule has 0 spiro atoms. The van der Waals surface area contributed by atoms with Crippen molar-refractivity contribution in [1.29, 1.82) is 0 Å². The first-order valence-electron chi connectivity index (χ1n) is 4.34. The second-order valence-electron chi connectivity index (χ2n) is 2.92. The first kappa shape index (κ1) is 12.1. The number of carbonyl (C=O) groups is 2. The Balaban J connectivity index is 3.01. The summed E-state index contributed by atoms with van der Waals surface area (Å²) in [6, 6.07) is 2.38. The van der Waals surface area contributed by atoms with Crippen LogP contribution in [0.4, 0.5) is 14.5 Å². The van der Waals surface area contributed by atoms with Gasteiger partial charge in [-0.1, -0.05) is 6.07 Å². The third-order valence-electron chi connectivity index (χ3n) is 1.94. The van der Waals surface area contributed by atoms with E-state index in [1.54, 1.807) is 0 Å². The predicted octanol–water partition coefficient (Wildman–Crippen LogP) is 1.25. The molecule has 0 aliphatic rings. The molecule has 0 fully saturated rings. The number of anilines is 1. The zero-order valence-corrected chi connectivity index (χ0v) is 8.42. The molecular formula is C10H9F2NO3. The molecule has 1 amide bonds. The number of carbonyl (C=O) groups excluding carboxylic acids is 2. The molecule has 0 bridgehead atoms. The highest BCUT2D eigenvalue weighted by Crippen LogP contribution is 2.20. The quantitative estimate of drug-likeness (QED) is 0.624. The predicted molar refractivity (Wildman–Crippen MR) is 51.8 cm³/mol. The zero-order chi connectivity index (χ0) is 12.1. The lowest BCUT2D eigenvalue weighted by Gasteiger charge is -2.06. The Morgan fingerprint density at radius 2 is 2.12 bits per heavy atom. The van der Waals surface area contributed by atoms with Crippen LogP contribution in [0.25, 0.3) is 0 Å². The molecule has 0 saturated carbocycles. The summed E-state index contributed by atoms with van der Waals surface area (Å²) in [4.78, 5) is 20.9. The van der Waals surface area contributed by atoms with Gasteiger partial charge in [0.1, 0.15) is 0 Å². The molecule has 0 unspecified atom stereocenters. The Morgan fingerprint density at radius 1 is 1.44 bits per heavy atom. The number of halogens is 2. The molecule has 0 radical (unpaired) electrons. The van der Waals surface area contributed by atoms with E-state index in [0.29, 0.717) is 0 Å². The topological polar surface area (TPSA) is 55.4 Å². The average molecular weight is 229 g/mol. The van der Waals surface area contributed by atoms with Crippen molar-refractivity contribution in [3.8, 4) is 0 Å². The van der Waals surface area contributed by atoms with Crippen LogP contribution in [0.1, 0.15) is 5.56 Å². The van der Waals surface area contributed by atoms with Crippen LogP contribution in [-0.2, 0) is 20.7 Å². The standard InChI is InChI=1S/C10H9F2NO3/c1-16-8(15)4-6-2-3-7(13-5-14)10(12)9(6)11/h2-3,5H,4H2,1H3,(H,13,14). The van der Waals surface area contributed by atoms with Gasteiger partial charge in [0.2, 0.25) is 6.41 Å². The smallest absolute Gasteiger partial charge is 0.310 e. The molecule has 1 aromatic rings. The Kier molecular flexibility index (Phi) is 3.93. The number of amides is 1. The van der Waals surface area contributed by atoms with Crippen LogP contribution in [0.3, 0.4) is 0 Å². The number of ether oxygens (including phenoxy) is 1. The Hall–Kier alpha value is -1.98. The Morgan fingerprint density at radius 3 is 2.69 bits per heavy atom. The monoisotopic (exact) mass is 229 g/mol. The van der Waals surface area contributed by atoms with Gasteiger partial charge in [-0.15, -0.1) is 0 Å². The van der Waals surface area contributed by atoms with E-state index in [2.05, 4.69) is 4.74 Å². The highest BCUT2D eigenvalue weighted by molar-refractivity contribution is 5.74. The molecule has 4 nitrogen and oxygen atoms in total. The number of methoxy groups -OCH3 is 1. The average Bonchev–Trinajstić information content (AvgIpc) is 2.28. The number of hydrogen-bond acceptors (Lipinski definition) is 3. The van der Waals surface area contributed by atoms with Gasteiger partial charge in [-0.3, -0.25) is 9.59 Å². The first-order valence-corrected chi connectivity index (χ1v) is 4.34. The fourth-order valence-electron chi connectivity index (χ4n) is 1.13. The van der Waals surface area contributed by atoms with Gasteiger partial charge in [-0.05, 0) is 6.07 Å². The van der Waals surface area contributed by atoms with Gasteiger partial charge in [0.15, 0.2) is 11.6 Å². The van der Waals surface area contributed by atoms with E-state index in [1.165, 1.54) is 12.1 Å². The molecule has 86 valence electrons. The molecule has 0 aliphatic carbocycles. The fourth-order valence-corrected chi connectivity index (χ4v) is 1.13. The van der Waals surface area contributed by atoms with Crippen molar-refractivity contribution >= 4 is 18.1 Å². The maximum absolute atomic E-state index is 13.3. The van der Waals surface area contributed by atoms with Crippen molar-refractivity contribution in [2.45, 2.75) is 6.42 Å². The highest BCUT2D eigenvalue weighted by Gasteiger charge is 2.15. The van der Waals surface area contributed by atoms with E-state index in [-0.39, 0.29) is 24.1 Å². The highest BCUT2D eigenvalue weighted by atomic mass is 19.2. The Bertz CT molecular complexity index is 421. The summed E-state index contributed by atoms with van der Waals surface area (Å²) >= 11 is 0. The van der Waals surface area contributed by atoms with Gasteiger partial charge >= 0.3 is 5.97 Å². The van der Waals surface area contributed by atoms with E-state index in [9.17, 15) is 18.4 Å². The third kappa shape index (κ3) is 2.53. The van der Waals surface area contributed by atoms with Gasteiger partial charge in [-0.25, -0.2) is 8.78 Å². The van der Waals surface area contributed by atoms with Gasteiger partial charge in [0.25, 0.3) is 0 Å². The Labute approximate surface area is 90.2 Å². The summed E-state index contributed by atoms with van der Waals surface area (Å²) in [6.07, 6.45) is -0.127. The summed E-state index contributed by atoms with van der Waals surface area (Å²) in [5.41, 5.74) is -0.401. The normalized spacial score (nSPS) is 9.69. The van der Waals surface area contributed by atoms with Gasteiger partial charge in [0, 0.05) is 5.56 Å². The van der Waals surface area contributed by atoms with E-state index in [1.807, 2.05) is 5.32 Å². The van der Waals surface area contributed by atoms with Gasteiger partial charge < -0.3 is 10.1 Å². The number of hydrogen-bond donors (Lipinski definition) is 1. The molecule has 0 atom stereocenters. The molecule has 0 saturated heterocycles.